The Bertz CT molecular complexity index is 1740. The van der Waals surface area contributed by atoms with Gasteiger partial charge in [0.25, 0.3) is 0 Å². The zero-order chi connectivity index (χ0) is 29.5. The largest absolute Gasteiger partial charge is 0.256 e. The molecule has 4 aromatic carbocycles. The molecule has 4 bridgehead atoms. The van der Waals surface area contributed by atoms with Gasteiger partial charge in [-0.15, -0.1) is 0 Å². The molecule has 0 saturated carbocycles. The third kappa shape index (κ3) is 4.50. The second kappa shape index (κ2) is 9.59. The summed E-state index contributed by atoms with van der Waals surface area (Å²) < 4.78 is 50.0. The highest BCUT2D eigenvalue weighted by Crippen LogP contribution is 2.34. The average molecular weight is 472 g/mol. The van der Waals surface area contributed by atoms with Crippen LogP contribution in [0.5, 0.6) is 0 Å². The van der Waals surface area contributed by atoms with Gasteiger partial charge in [0.05, 0.1) is 5.69 Å². The molecule has 1 heteroatoms. The Morgan fingerprint density at radius 1 is 0.556 bits per heavy atom. The SMILES string of the molecule is [2H]C([2H])([2H])c1cnc(-c2ccccc2)cc1-c1ccc(-c2cc3ccc2CCc2ccc(cc2)CC3)cc1C([2H])([2H])[2H]. The fraction of sp³-hybridized carbons (Fsp3) is 0.171. The lowest BCUT2D eigenvalue weighted by Crippen LogP contribution is -2.00. The molecule has 1 nitrogen and oxygen atoms in total. The van der Waals surface area contributed by atoms with Crippen molar-refractivity contribution in [2.75, 3.05) is 0 Å². The molecule has 0 amide bonds. The van der Waals surface area contributed by atoms with E-state index in [4.69, 9.17) is 8.22 Å². The molecule has 0 radical (unpaired) electrons. The lowest BCUT2D eigenvalue weighted by atomic mass is 9.88. The summed E-state index contributed by atoms with van der Waals surface area (Å²) in [6, 6.07) is 32.0. The van der Waals surface area contributed by atoms with Crippen LogP contribution in [0.25, 0.3) is 33.5 Å². The van der Waals surface area contributed by atoms with Gasteiger partial charge in [-0.1, -0.05) is 91.0 Å². The Kier molecular flexibility index (Phi) is 4.44. The molecule has 9 rings (SSSR count). The van der Waals surface area contributed by atoms with Crippen LogP contribution in [0.3, 0.4) is 0 Å². The molecule has 0 saturated heterocycles. The molecular formula is C35H31N. The van der Waals surface area contributed by atoms with E-state index < -0.39 is 13.7 Å². The fourth-order valence-corrected chi connectivity index (χ4v) is 5.10. The Balaban J connectivity index is 1.50. The van der Waals surface area contributed by atoms with Gasteiger partial charge in [0.15, 0.2) is 0 Å². The molecule has 36 heavy (non-hydrogen) atoms. The maximum Gasteiger partial charge on any atom is 0.0708 e. The van der Waals surface area contributed by atoms with Crippen LogP contribution >= 0.6 is 0 Å². The van der Waals surface area contributed by atoms with Gasteiger partial charge in [-0.25, -0.2) is 0 Å². The first kappa shape index (κ1) is 16.7. The van der Waals surface area contributed by atoms with Crippen LogP contribution in [0, 0.1) is 13.7 Å². The highest BCUT2D eigenvalue weighted by Gasteiger charge is 2.13. The molecule has 4 aliphatic rings. The minimum absolute atomic E-state index is 0.0308. The summed E-state index contributed by atoms with van der Waals surface area (Å²) in [5.74, 6) is 0. The van der Waals surface area contributed by atoms with E-state index in [1.54, 1.807) is 18.2 Å². The summed E-state index contributed by atoms with van der Waals surface area (Å²) >= 11 is 0. The summed E-state index contributed by atoms with van der Waals surface area (Å²) in [4.78, 5) is 4.44. The Hall–Kier alpha value is -3.97. The quantitative estimate of drug-likeness (QED) is 0.257. The van der Waals surface area contributed by atoms with E-state index in [0.29, 0.717) is 16.8 Å². The summed E-state index contributed by atoms with van der Waals surface area (Å²) in [6.07, 6.45) is 4.89. The van der Waals surface area contributed by atoms with E-state index in [-0.39, 0.29) is 11.1 Å². The van der Waals surface area contributed by atoms with Crippen molar-refractivity contribution in [3.8, 4) is 33.5 Å². The Morgan fingerprint density at radius 2 is 1.28 bits per heavy atom. The molecule has 176 valence electrons. The number of aromatic nitrogens is 1. The number of rotatable bonds is 3. The van der Waals surface area contributed by atoms with Gasteiger partial charge in [-0.2, -0.15) is 0 Å². The molecule has 1 aromatic heterocycles. The maximum absolute atomic E-state index is 8.48. The van der Waals surface area contributed by atoms with E-state index in [0.717, 1.165) is 47.9 Å². The maximum atomic E-state index is 8.48. The molecular weight excluding hydrogens is 434 g/mol. The number of hydrogen-bond donors (Lipinski definition) is 0. The van der Waals surface area contributed by atoms with Gasteiger partial charge in [0, 0.05) is 20.0 Å². The van der Waals surface area contributed by atoms with Crippen LogP contribution < -0.4 is 0 Å². The summed E-state index contributed by atoms with van der Waals surface area (Å²) in [6.45, 7) is -4.93. The molecule has 4 aliphatic carbocycles. The molecule has 0 atom stereocenters. The fourth-order valence-electron chi connectivity index (χ4n) is 5.10. The Labute approximate surface area is 222 Å². The monoisotopic (exact) mass is 471 g/mol. The number of benzene rings is 4. The van der Waals surface area contributed by atoms with Crippen molar-refractivity contribution in [2.24, 2.45) is 0 Å². The van der Waals surface area contributed by atoms with Crippen molar-refractivity contribution in [3.05, 3.63) is 137 Å². The number of pyridine rings is 1. The zero-order valence-corrected chi connectivity index (χ0v) is 20.1. The van der Waals surface area contributed by atoms with Gasteiger partial charge >= 0.3 is 0 Å². The van der Waals surface area contributed by atoms with Crippen molar-refractivity contribution in [1.82, 2.24) is 4.98 Å². The van der Waals surface area contributed by atoms with Gasteiger partial charge < -0.3 is 0 Å². The summed E-state index contributed by atoms with van der Waals surface area (Å²) in [7, 11) is 0. The van der Waals surface area contributed by atoms with Gasteiger partial charge in [-0.05, 0) is 101 Å². The summed E-state index contributed by atoms with van der Waals surface area (Å²) in [5, 5.41) is 0. The molecule has 0 fully saturated rings. The van der Waals surface area contributed by atoms with Crippen LogP contribution in [-0.4, -0.2) is 4.98 Å². The first-order valence-corrected chi connectivity index (χ1v) is 12.5. The first-order chi connectivity index (χ1) is 20.1. The van der Waals surface area contributed by atoms with Gasteiger partial charge in [0.1, 0.15) is 0 Å². The van der Waals surface area contributed by atoms with Crippen LogP contribution in [0.1, 0.15) is 41.6 Å². The standard InChI is InChI=1S/C35H31N/c1-24-20-31(18-19-32(24)33-22-35(36-23-25(33)2)30-6-4-3-5-7-30)34-21-28-13-12-26-8-10-27(11-9-26)14-16-29(34)17-15-28/h3-11,15,17-23H,12-14,16H2,1-2H3/i1D3,2D3. The molecule has 0 N–H and O–H groups in total. The predicted molar refractivity (Wildman–Crippen MR) is 151 cm³/mol. The van der Waals surface area contributed by atoms with Crippen molar-refractivity contribution in [2.45, 2.75) is 39.4 Å². The smallest absolute Gasteiger partial charge is 0.0708 e. The highest BCUT2D eigenvalue weighted by molar-refractivity contribution is 5.79. The van der Waals surface area contributed by atoms with Crippen molar-refractivity contribution < 1.29 is 8.22 Å². The topological polar surface area (TPSA) is 12.9 Å². The second-order valence-corrected chi connectivity index (χ2v) is 9.55. The predicted octanol–water partition coefficient (Wildman–Crippen LogP) is 8.58. The number of hydrogen-bond acceptors (Lipinski definition) is 1. The number of aryl methyl sites for hydroxylation is 6. The zero-order valence-electron chi connectivity index (χ0n) is 26.1. The van der Waals surface area contributed by atoms with E-state index in [9.17, 15) is 0 Å². The van der Waals surface area contributed by atoms with E-state index in [1.165, 1.54) is 22.9 Å². The molecule has 5 aromatic rings. The van der Waals surface area contributed by atoms with E-state index in [2.05, 4.69) is 47.4 Å². The van der Waals surface area contributed by atoms with Crippen molar-refractivity contribution >= 4 is 0 Å². The molecule has 0 spiro atoms. The van der Waals surface area contributed by atoms with Crippen molar-refractivity contribution in [1.29, 1.82) is 0 Å². The minimum Gasteiger partial charge on any atom is -0.256 e. The van der Waals surface area contributed by atoms with Crippen LogP contribution in [0.4, 0.5) is 0 Å². The van der Waals surface area contributed by atoms with Gasteiger partial charge in [0.2, 0.25) is 0 Å². The third-order valence-corrected chi connectivity index (χ3v) is 7.18. The van der Waals surface area contributed by atoms with Crippen molar-refractivity contribution in [3.63, 3.8) is 0 Å². The lowest BCUT2D eigenvalue weighted by molar-refractivity contribution is 0.923. The normalized spacial score (nSPS) is 16.0. The van der Waals surface area contributed by atoms with E-state index >= 15 is 0 Å². The molecule has 0 unspecified atom stereocenters. The Morgan fingerprint density at radius 3 is 2.06 bits per heavy atom. The van der Waals surface area contributed by atoms with E-state index in [1.807, 2.05) is 36.4 Å². The highest BCUT2D eigenvalue weighted by atomic mass is 14.7. The minimum atomic E-state index is -2.47. The lowest BCUT2D eigenvalue weighted by Gasteiger charge is -2.17. The molecule has 1 heterocycles. The first-order valence-electron chi connectivity index (χ1n) is 15.5. The third-order valence-electron chi connectivity index (χ3n) is 7.18. The van der Waals surface area contributed by atoms with Crippen LogP contribution in [-0.2, 0) is 25.7 Å². The van der Waals surface area contributed by atoms with Crippen LogP contribution in [0.15, 0.2) is 103 Å². The molecule has 0 aliphatic heterocycles. The number of nitrogens with zero attached hydrogens (tertiary/aromatic N) is 1. The summed E-state index contributed by atoms with van der Waals surface area (Å²) in [5.41, 5.74) is 9.10. The van der Waals surface area contributed by atoms with Gasteiger partial charge in [-0.3, -0.25) is 4.98 Å². The van der Waals surface area contributed by atoms with Crippen LogP contribution in [0.2, 0.25) is 0 Å². The average Bonchev–Trinajstić information content (AvgIpc) is 2.97. The second-order valence-electron chi connectivity index (χ2n) is 9.55.